The van der Waals surface area contributed by atoms with Crippen molar-refractivity contribution in [2.24, 2.45) is 0 Å². The maximum Gasteiger partial charge on any atom is 0.193 e. The molecular formula is C17H18N2O. The molecular weight excluding hydrogens is 248 g/mol. The number of nitrogens with two attached hydrogens (primary N) is 1. The molecule has 20 heavy (non-hydrogen) atoms. The summed E-state index contributed by atoms with van der Waals surface area (Å²) in [6, 6.07) is 13.1. The molecule has 0 saturated heterocycles. The SMILES string of the molecule is CN1CCCc2cc(C(=O)c3cccc(N)c3)ccc21. The second-order valence-electron chi connectivity index (χ2n) is 5.32. The number of nitrogen functional groups attached to an aromatic ring is 1. The van der Waals surface area contributed by atoms with Crippen LogP contribution in [0.1, 0.15) is 27.9 Å². The monoisotopic (exact) mass is 266 g/mol. The van der Waals surface area contributed by atoms with E-state index in [4.69, 9.17) is 5.73 Å². The normalized spacial score (nSPS) is 13.9. The number of ketones is 1. The summed E-state index contributed by atoms with van der Waals surface area (Å²) >= 11 is 0. The zero-order valence-corrected chi connectivity index (χ0v) is 11.6. The Kier molecular flexibility index (Phi) is 3.18. The number of benzene rings is 2. The predicted molar refractivity (Wildman–Crippen MR) is 82.3 cm³/mol. The second-order valence-corrected chi connectivity index (χ2v) is 5.32. The lowest BCUT2D eigenvalue weighted by molar-refractivity contribution is 0.103. The molecule has 1 heterocycles. The first-order valence-corrected chi connectivity index (χ1v) is 6.89. The van der Waals surface area contributed by atoms with E-state index < -0.39 is 0 Å². The molecule has 0 atom stereocenters. The molecule has 2 aromatic rings. The Hall–Kier alpha value is -2.29. The lowest BCUT2D eigenvalue weighted by atomic mass is 9.96. The number of fused-ring (bicyclic) bond motifs is 1. The average molecular weight is 266 g/mol. The number of hydrogen-bond donors (Lipinski definition) is 1. The van der Waals surface area contributed by atoms with Gasteiger partial charge in [0.25, 0.3) is 0 Å². The van der Waals surface area contributed by atoms with Gasteiger partial charge in [-0.3, -0.25) is 4.79 Å². The third-order valence-corrected chi connectivity index (χ3v) is 3.84. The summed E-state index contributed by atoms with van der Waals surface area (Å²) in [6.07, 6.45) is 2.18. The van der Waals surface area contributed by atoms with E-state index in [1.54, 1.807) is 12.1 Å². The van der Waals surface area contributed by atoms with E-state index in [1.165, 1.54) is 11.3 Å². The van der Waals surface area contributed by atoms with Crippen LogP contribution < -0.4 is 10.6 Å². The van der Waals surface area contributed by atoms with Crippen molar-refractivity contribution in [3.05, 3.63) is 59.2 Å². The molecule has 0 amide bonds. The fourth-order valence-corrected chi connectivity index (χ4v) is 2.77. The molecule has 0 aromatic heterocycles. The summed E-state index contributed by atoms with van der Waals surface area (Å²) in [5.41, 5.74) is 10.2. The van der Waals surface area contributed by atoms with E-state index in [2.05, 4.69) is 11.9 Å². The molecule has 102 valence electrons. The lowest BCUT2D eigenvalue weighted by Gasteiger charge is -2.27. The van der Waals surface area contributed by atoms with Gasteiger partial charge in [0.1, 0.15) is 0 Å². The quantitative estimate of drug-likeness (QED) is 0.671. The van der Waals surface area contributed by atoms with Gasteiger partial charge in [0.05, 0.1) is 0 Å². The second kappa shape index (κ2) is 5.00. The van der Waals surface area contributed by atoms with E-state index in [1.807, 2.05) is 30.3 Å². The fraction of sp³-hybridized carbons (Fsp3) is 0.235. The first-order chi connectivity index (χ1) is 9.65. The molecule has 0 saturated carbocycles. The molecule has 1 aliphatic heterocycles. The summed E-state index contributed by atoms with van der Waals surface area (Å²) in [5.74, 6) is 0.0355. The van der Waals surface area contributed by atoms with Gasteiger partial charge in [-0.2, -0.15) is 0 Å². The minimum Gasteiger partial charge on any atom is -0.399 e. The Bertz CT molecular complexity index is 664. The van der Waals surface area contributed by atoms with Crippen molar-refractivity contribution in [3.63, 3.8) is 0 Å². The third kappa shape index (κ3) is 2.27. The van der Waals surface area contributed by atoms with Crippen LogP contribution in [0.2, 0.25) is 0 Å². The van der Waals surface area contributed by atoms with Gasteiger partial charge in [-0.1, -0.05) is 12.1 Å². The summed E-state index contributed by atoms with van der Waals surface area (Å²) < 4.78 is 0. The molecule has 2 N–H and O–H groups in total. The molecule has 2 aromatic carbocycles. The Labute approximate surface area is 119 Å². The van der Waals surface area contributed by atoms with E-state index >= 15 is 0 Å². The zero-order chi connectivity index (χ0) is 14.1. The van der Waals surface area contributed by atoms with Crippen LogP contribution in [-0.4, -0.2) is 19.4 Å². The van der Waals surface area contributed by atoms with E-state index in [0.717, 1.165) is 24.9 Å². The van der Waals surface area contributed by atoms with E-state index in [9.17, 15) is 4.79 Å². The molecule has 0 aliphatic carbocycles. The van der Waals surface area contributed by atoms with Crippen LogP contribution in [0.4, 0.5) is 11.4 Å². The highest BCUT2D eigenvalue weighted by molar-refractivity contribution is 6.09. The number of aryl methyl sites for hydroxylation is 1. The molecule has 0 unspecified atom stereocenters. The average Bonchev–Trinajstić information content (AvgIpc) is 2.46. The van der Waals surface area contributed by atoms with Gasteiger partial charge in [-0.25, -0.2) is 0 Å². The molecule has 0 fully saturated rings. The maximum absolute atomic E-state index is 12.5. The third-order valence-electron chi connectivity index (χ3n) is 3.84. The molecule has 0 bridgehead atoms. The number of hydrogen-bond acceptors (Lipinski definition) is 3. The highest BCUT2D eigenvalue weighted by Crippen LogP contribution is 2.27. The number of rotatable bonds is 2. The summed E-state index contributed by atoms with van der Waals surface area (Å²) in [5, 5.41) is 0. The number of anilines is 2. The molecule has 3 nitrogen and oxygen atoms in total. The minimum atomic E-state index is 0.0355. The first kappa shape index (κ1) is 12.7. The fourth-order valence-electron chi connectivity index (χ4n) is 2.77. The van der Waals surface area contributed by atoms with Crippen LogP contribution in [0.15, 0.2) is 42.5 Å². The van der Waals surface area contributed by atoms with Crippen molar-refractivity contribution < 1.29 is 4.79 Å². The van der Waals surface area contributed by atoms with Gasteiger partial charge in [-0.05, 0) is 48.7 Å². The highest BCUT2D eigenvalue weighted by atomic mass is 16.1. The van der Waals surface area contributed by atoms with Crippen LogP contribution in [0, 0.1) is 0 Å². The van der Waals surface area contributed by atoms with Gasteiger partial charge >= 0.3 is 0 Å². The van der Waals surface area contributed by atoms with Crippen LogP contribution in [0.3, 0.4) is 0 Å². The van der Waals surface area contributed by atoms with Crippen LogP contribution in [0.5, 0.6) is 0 Å². The molecule has 3 heteroatoms. The Morgan fingerprint density at radius 1 is 1.15 bits per heavy atom. The lowest BCUT2D eigenvalue weighted by Crippen LogP contribution is -2.24. The zero-order valence-electron chi connectivity index (χ0n) is 11.6. The van der Waals surface area contributed by atoms with Crippen molar-refractivity contribution in [1.82, 2.24) is 0 Å². The Morgan fingerprint density at radius 3 is 2.75 bits per heavy atom. The van der Waals surface area contributed by atoms with Crippen molar-refractivity contribution in [2.75, 3.05) is 24.2 Å². The smallest absolute Gasteiger partial charge is 0.193 e. The van der Waals surface area contributed by atoms with E-state index in [-0.39, 0.29) is 5.78 Å². The minimum absolute atomic E-state index is 0.0355. The largest absolute Gasteiger partial charge is 0.399 e. The van der Waals surface area contributed by atoms with Gasteiger partial charge in [0, 0.05) is 36.1 Å². The molecule has 0 radical (unpaired) electrons. The van der Waals surface area contributed by atoms with Crippen LogP contribution in [0.25, 0.3) is 0 Å². The summed E-state index contributed by atoms with van der Waals surface area (Å²) in [7, 11) is 2.09. The predicted octanol–water partition coefficient (Wildman–Crippen LogP) is 2.88. The molecule has 3 rings (SSSR count). The molecule has 0 spiro atoms. The van der Waals surface area contributed by atoms with Gasteiger partial charge in [0.15, 0.2) is 5.78 Å². The standard InChI is InChI=1S/C17H18N2O/c1-19-9-3-5-12-10-14(7-8-16(12)19)17(20)13-4-2-6-15(18)11-13/h2,4,6-8,10-11H,3,5,9,18H2,1H3. The van der Waals surface area contributed by atoms with Crippen molar-refractivity contribution in [3.8, 4) is 0 Å². The number of carbonyl (C=O) groups is 1. The van der Waals surface area contributed by atoms with Gasteiger partial charge < -0.3 is 10.6 Å². The van der Waals surface area contributed by atoms with Crippen LogP contribution >= 0.6 is 0 Å². The van der Waals surface area contributed by atoms with Crippen molar-refractivity contribution in [2.45, 2.75) is 12.8 Å². The topological polar surface area (TPSA) is 46.3 Å². The van der Waals surface area contributed by atoms with Gasteiger partial charge in [-0.15, -0.1) is 0 Å². The Morgan fingerprint density at radius 2 is 1.95 bits per heavy atom. The Balaban J connectivity index is 1.97. The van der Waals surface area contributed by atoms with Gasteiger partial charge in [0.2, 0.25) is 0 Å². The first-order valence-electron chi connectivity index (χ1n) is 6.89. The van der Waals surface area contributed by atoms with E-state index in [0.29, 0.717) is 11.3 Å². The summed E-state index contributed by atoms with van der Waals surface area (Å²) in [4.78, 5) is 14.7. The number of carbonyl (C=O) groups excluding carboxylic acids is 1. The van der Waals surface area contributed by atoms with Crippen LogP contribution in [-0.2, 0) is 6.42 Å². The molecule has 1 aliphatic rings. The summed E-state index contributed by atoms with van der Waals surface area (Å²) in [6.45, 7) is 1.08. The highest BCUT2D eigenvalue weighted by Gasteiger charge is 2.16. The van der Waals surface area contributed by atoms with Crippen molar-refractivity contribution >= 4 is 17.2 Å². The number of nitrogens with zero attached hydrogens (tertiary/aromatic N) is 1. The van der Waals surface area contributed by atoms with Crippen molar-refractivity contribution in [1.29, 1.82) is 0 Å². The maximum atomic E-state index is 12.5.